The Morgan fingerprint density at radius 2 is 1.75 bits per heavy atom. The molecule has 2 aromatic carbocycles. The van der Waals surface area contributed by atoms with Gasteiger partial charge in [0, 0.05) is 10.0 Å². The van der Waals surface area contributed by atoms with Crippen LogP contribution in [0.1, 0.15) is 11.1 Å². The van der Waals surface area contributed by atoms with Gasteiger partial charge in [0.2, 0.25) is 10.0 Å². The normalized spacial score (nSPS) is 10.5. The molecule has 0 saturated heterocycles. The highest BCUT2D eigenvalue weighted by Crippen LogP contribution is 2.21. The fourth-order valence-electron chi connectivity index (χ4n) is 1.57. The van der Waals surface area contributed by atoms with Crippen molar-refractivity contribution in [3.05, 3.63) is 64.1 Å². The molecule has 0 unspecified atom stereocenters. The molecule has 0 atom stereocenters. The van der Waals surface area contributed by atoms with Crippen LogP contribution in [0.5, 0.6) is 0 Å². The molecule has 0 aromatic heterocycles. The zero-order valence-electron chi connectivity index (χ0n) is 10.7. The Bertz CT molecular complexity index is 775. The topological polar surface area (TPSA) is 46.2 Å². The third kappa shape index (κ3) is 4.41. The molecule has 0 heterocycles. The van der Waals surface area contributed by atoms with Crippen molar-refractivity contribution >= 4 is 31.6 Å². The van der Waals surface area contributed by atoms with Crippen LogP contribution in [-0.2, 0) is 10.0 Å². The van der Waals surface area contributed by atoms with Crippen LogP contribution in [0.2, 0.25) is 0 Å². The maximum Gasteiger partial charge on any atom is 0.229 e. The van der Waals surface area contributed by atoms with Crippen LogP contribution in [0.15, 0.2) is 53.0 Å². The van der Waals surface area contributed by atoms with Crippen LogP contribution >= 0.6 is 15.9 Å². The predicted molar refractivity (Wildman–Crippen MR) is 85.0 cm³/mol. The van der Waals surface area contributed by atoms with E-state index in [9.17, 15) is 8.42 Å². The van der Waals surface area contributed by atoms with E-state index in [1.165, 1.54) is 0 Å². The molecule has 0 radical (unpaired) electrons. The molecule has 20 heavy (non-hydrogen) atoms. The number of nitrogens with one attached hydrogen (secondary N) is 1. The first-order chi connectivity index (χ1) is 9.44. The molecule has 1 N–H and O–H groups in total. The van der Waals surface area contributed by atoms with Gasteiger partial charge in [0.15, 0.2) is 0 Å². The average molecular weight is 350 g/mol. The van der Waals surface area contributed by atoms with Crippen LogP contribution in [0.25, 0.3) is 0 Å². The monoisotopic (exact) mass is 349 g/mol. The Balaban J connectivity index is 2.41. The maximum atomic E-state index is 11.3. The van der Waals surface area contributed by atoms with Gasteiger partial charge < -0.3 is 0 Å². The first-order valence-electron chi connectivity index (χ1n) is 5.78. The van der Waals surface area contributed by atoms with E-state index < -0.39 is 10.0 Å². The summed E-state index contributed by atoms with van der Waals surface area (Å²) in [7, 11) is -3.33. The lowest BCUT2D eigenvalue weighted by Gasteiger charge is -2.06. The largest absolute Gasteiger partial charge is 0.283 e. The Hall–Kier alpha value is -1.77. The van der Waals surface area contributed by atoms with Gasteiger partial charge in [0.1, 0.15) is 0 Å². The van der Waals surface area contributed by atoms with Gasteiger partial charge in [-0.3, -0.25) is 4.72 Å². The number of rotatable bonds is 2. The first-order valence-corrected chi connectivity index (χ1v) is 8.47. The molecule has 0 amide bonds. The van der Waals surface area contributed by atoms with Gasteiger partial charge in [-0.05, 0) is 30.3 Å². The smallest absolute Gasteiger partial charge is 0.229 e. The van der Waals surface area contributed by atoms with Crippen molar-refractivity contribution < 1.29 is 8.42 Å². The molecular formula is C15H12BrNO2S. The minimum Gasteiger partial charge on any atom is -0.283 e. The average Bonchev–Trinajstić information content (AvgIpc) is 2.39. The minimum atomic E-state index is -3.33. The van der Waals surface area contributed by atoms with E-state index in [1.54, 1.807) is 18.2 Å². The highest BCUT2D eigenvalue weighted by Gasteiger charge is 2.06. The number of anilines is 1. The standard InChI is InChI=1S/C15H12BrNO2S/c1-20(18,19)17-15-10-9-14(16)11-13(15)8-7-12-5-3-2-4-6-12/h2-6,9-11,17H,1H3. The van der Waals surface area contributed by atoms with Crippen molar-refractivity contribution in [1.29, 1.82) is 0 Å². The number of hydrogen-bond acceptors (Lipinski definition) is 2. The minimum absolute atomic E-state index is 0.471. The van der Waals surface area contributed by atoms with E-state index in [2.05, 4.69) is 32.5 Å². The summed E-state index contributed by atoms with van der Waals surface area (Å²) < 4.78 is 26.0. The Labute approximate surface area is 127 Å². The summed E-state index contributed by atoms with van der Waals surface area (Å²) >= 11 is 3.36. The predicted octanol–water partition coefficient (Wildman–Crippen LogP) is 3.22. The maximum absolute atomic E-state index is 11.3. The molecule has 102 valence electrons. The van der Waals surface area contributed by atoms with E-state index in [1.807, 2.05) is 30.3 Å². The lowest BCUT2D eigenvalue weighted by Crippen LogP contribution is -2.10. The molecule has 2 rings (SSSR count). The second kappa shape index (κ2) is 6.12. The van der Waals surface area contributed by atoms with Crippen molar-refractivity contribution in [3.8, 4) is 11.8 Å². The summed E-state index contributed by atoms with van der Waals surface area (Å²) in [5.41, 5.74) is 1.96. The van der Waals surface area contributed by atoms with Gasteiger partial charge in [-0.1, -0.05) is 46.0 Å². The molecule has 0 saturated carbocycles. The van der Waals surface area contributed by atoms with Crippen LogP contribution in [0.4, 0.5) is 5.69 Å². The van der Waals surface area contributed by atoms with Crippen LogP contribution in [0.3, 0.4) is 0 Å². The van der Waals surface area contributed by atoms with Gasteiger partial charge in [0.05, 0.1) is 17.5 Å². The molecule has 2 aromatic rings. The van der Waals surface area contributed by atoms with Crippen molar-refractivity contribution in [2.45, 2.75) is 0 Å². The fourth-order valence-corrected chi connectivity index (χ4v) is 2.51. The lowest BCUT2D eigenvalue weighted by atomic mass is 10.1. The van der Waals surface area contributed by atoms with Crippen LogP contribution in [0, 0.1) is 11.8 Å². The number of hydrogen-bond donors (Lipinski definition) is 1. The third-order valence-electron chi connectivity index (χ3n) is 2.39. The summed E-state index contributed by atoms with van der Waals surface area (Å²) in [5, 5.41) is 0. The van der Waals surface area contributed by atoms with Crippen molar-refractivity contribution in [3.63, 3.8) is 0 Å². The van der Waals surface area contributed by atoms with Crippen LogP contribution < -0.4 is 4.72 Å². The van der Waals surface area contributed by atoms with E-state index in [0.717, 1.165) is 16.3 Å². The zero-order chi connectivity index (χ0) is 14.6. The van der Waals surface area contributed by atoms with Gasteiger partial charge in [-0.15, -0.1) is 0 Å². The molecule has 0 bridgehead atoms. The summed E-state index contributed by atoms with van der Waals surface area (Å²) in [5.74, 6) is 5.99. The van der Waals surface area contributed by atoms with Gasteiger partial charge in [0.25, 0.3) is 0 Å². The summed E-state index contributed by atoms with van der Waals surface area (Å²) in [4.78, 5) is 0. The molecular weight excluding hydrogens is 338 g/mol. The van der Waals surface area contributed by atoms with Gasteiger partial charge in [-0.2, -0.15) is 0 Å². The van der Waals surface area contributed by atoms with Gasteiger partial charge >= 0.3 is 0 Å². The molecule has 5 heteroatoms. The number of sulfonamides is 1. The highest BCUT2D eigenvalue weighted by molar-refractivity contribution is 9.10. The Morgan fingerprint density at radius 1 is 1.05 bits per heavy atom. The third-order valence-corrected chi connectivity index (χ3v) is 3.48. The number of benzene rings is 2. The van der Waals surface area contributed by atoms with Gasteiger partial charge in [-0.25, -0.2) is 8.42 Å². The fraction of sp³-hybridized carbons (Fsp3) is 0.0667. The molecule has 0 aliphatic carbocycles. The second-order valence-electron chi connectivity index (χ2n) is 4.18. The summed E-state index contributed by atoms with van der Waals surface area (Å²) in [6.45, 7) is 0. The molecule has 0 aliphatic heterocycles. The van der Waals surface area contributed by atoms with E-state index >= 15 is 0 Å². The second-order valence-corrected chi connectivity index (χ2v) is 6.84. The molecule has 0 spiro atoms. The van der Waals surface area contributed by atoms with Crippen LogP contribution in [-0.4, -0.2) is 14.7 Å². The lowest BCUT2D eigenvalue weighted by molar-refractivity contribution is 0.607. The van der Waals surface area contributed by atoms with E-state index in [0.29, 0.717) is 11.3 Å². The first kappa shape index (κ1) is 14.6. The zero-order valence-corrected chi connectivity index (χ0v) is 13.1. The quantitative estimate of drug-likeness (QED) is 0.846. The van der Waals surface area contributed by atoms with Crippen molar-refractivity contribution in [2.24, 2.45) is 0 Å². The Morgan fingerprint density at radius 3 is 2.40 bits per heavy atom. The summed E-state index contributed by atoms with van der Waals surface area (Å²) in [6.07, 6.45) is 1.11. The molecule has 0 aliphatic rings. The number of halogens is 1. The van der Waals surface area contributed by atoms with Crippen molar-refractivity contribution in [1.82, 2.24) is 0 Å². The molecule has 0 fully saturated rings. The van der Waals surface area contributed by atoms with E-state index in [4.69, 9.17) is 0 Å². The summed E-state index contributed by atoms with van der Waals surface area (Å²) in [6, 6.07) is 14.7. The van der Waals surface area contributed by atoms with Crippen molar-refractivity contribution in [2.75, 3.05) is 11.0 Å². The highest BCUT2D eigenvalue weighted by atomic mass is 79.9. The SMILES string of the molecule is CS(=O)(=O)Nc1ccc(Br)cc1C#Cc1ccccc1. The molecule has 3 nitrogen and oxygen atoms in total. The Kier molecular flexibility index (Phi) is 4.48. The van der Waals surface area contributed by atoms with E-state index in [-0.39, 0.29) is 0 Å².